The minimum atomic E-state index is -2.84. The van der Waals surface area contributed by atoms with Crippen LogP contribution in [0.2, 0.25) is 0 Å². The molecule has 0 radical (unpaired) electrons. The Morgan fingerprint density at radius 2 is 2.19 bits per heavy atom. The van der Waals surface area contributed by atoms with Crippen LogP contribution in [0, 0.1) is 0 Å². The molecule has 1 aromatic heterocycles. The maximum absolute atomic E-state index is 13.1. The lowest BCUT2D eigenvalue weighted by Crippen LogP contribution is -2.41. The molecule has 6 nitrogen and oxygen atoms in total. The van der Waals surface area contributed by atoms with Gasteiger partial charge in [-0.05, 0) is 6.92 Å². The molecule has 8 heteroatoms. The van der Waals surface area contributed by atoms with Gasteiger partial charge in [0, 0.05) is 11.8 Å². The van der Waals surface area contributed by atoms with Crippen molar-refractivity contribution in [3.63, 3.8) is 0 Å². The number of carbonyl (C=O) groups is 1. The van der Waals surface area contributed by atoms with E-state index >= 15 is 0 Å². The SMILES string of the molecule is CC(NC(=O)C1CC(F)(F)CN1)c1nc(C(C)(C)C)no1. The molecule has 2 unspecified atom stereocenters. The topological polar surface area (TPSA) is 80.0 Å². The summed E-state index contributed by atoms with van der Waals surface area (Å²) >= 11 is 0. The van der Waals surface area contributed by atoms with Gasteiger partial charge in [-0.25, -0.2) is 8.78 Å². The zero-order chi connectivity index (χ0) is 15.8. The van der Waals surface area contributed by atoms with Crippen molar-refractivity contribution in [1.29, 1.82) is 0 Å². The first-order valence-electron chi connectivity index (χ1n) is 6.84. The molecule has 1 aromatic rings. The highest BCUT2D eigenvalue weighted by Crippen LogP contribution is 2.26. The van der Waals surface area contributed by atoms with Gasteiger partial charge in [0.25, 0.3) is 5.92 Å². The van der Waals surface area contributed by atoms with Gasteiger partial charge in [0.1, 0.15) is 6.04 Å². The molecular formula is C13H20F2N4O2. The van der Waals surface area contributed by atoms with Crippen LogP contribution in [0.3, 0.4) is 0 Å². The van der Waals surface area contributed by atoms with E-state index in [1.165, 1.54) is 0 Å². The minimum Gasteiger partial charge on any atom is -0.343 e. The summed E-state index contributed by atoms with van der Waals surface area (Å²) in [4.78, 5) is 16.2. The summed E-state index contributed by atoms with van der Waals surface area (Å²) in [7, 11) is 0. The summed E-state index contributed by atoms with van der Waals surface area (Å²) in [6.07, 6.45) is -0.497. The molecule has 2 rings (SSSR count). The fourth-order valence-corrected chi connectivity index (χ4v) is 1.99. The molecule has 2 heterocycles. The lowest BCUT2D eigenvalue weighted by Gasteiger charge is -2.14. The van der Waals surface area contributed by atoms with Crippen molar-refractivity contribution in [3.8, 4) is 0 Å². The van der Waals surface area contributed by atoms with E-state index in [0.29, 0.717) is 5.82 Å². The summed E-state index contributed by atoms with van der Waals surface area (Å²) < 4.78 is 31.2. The zero-order valence-electron chi connectivity index (χ0n) is 12.5. The molecule has 0 spiro atoms. The normalized spacial score (nSPS) is 23.0. The Hall–Kier alpha value is -1.57. The van der Waals surface area contributed by atoms with Gasteiger partial charge >= 0.3 is 0 Å². The first-order chi connectivity index (χ1) is 9.58. The minimum absolute atomic E-state index is 0.262. The molecule has 0 saturated carbocycles. The molecule has 2 N–H and O–H groups in total. The third-order valence-corrected chi connectivity index (χ3v) is 3.27. The van der Waals surface area contributed by atoms with Gasteiger partial charge < -0.3 is 9.84 Å². The average molecular weight is 302 g/mol. The van der Waals surface area contributed by atoms with Crippen LogP contribution in [0.25, 0.3) is 0 Å². The van der Waals surface area contributed by atoms with Crippen LogP contribution in [-0.4, -0.2) is 34.6 Å². The number of carbonyl (C=O) groups excluding carboxylic acids is 1. The first kappa shape index (κ1) is 15.8. The fourth-order valence-electron chi connectivity index (χ4n) is 1.99. The van der Waals surface area contributed by atoms with Crippen molar-refractivity contribution in [2.24, 2.45) is 0 Å². The van der Waals surface area contributed by atoms with E-state index in [1.54, 1.807) is 6.92 Å². The Labute approximate surface area is 121 Å². The molecule has 0 bridgehead atoms. The maximum Gasteiger partial charge on any atom is 0.262 e. The second-order valence-corrected chi connectivity index (χ2v) is 6.43. The molecule has 1 saturated heterocycles. The van der Waals surface area contributed by atoms with E-state index in [4.69, 9.17) is 4.52 Å². The van der Waals surface area contributed by atoms with E-state index in [-0.39, 0.29) is 11.3 Å². The summed E-state index contributed by atoms with van der Waals surface area (Å²) in [5.74, 6) is -2.54. The second-order valence-electron chi connectivity index (χ2n) is 6.43. The van der Waals surface area contributed by atoms with Crippen LogP contribution in [0.5, 0.6) is 0 Å². The zero-order valence-corrected chi connectivity index (χ0v) is 12.5. The van der Waals surface area contributed by atoms with Crippen molar-refractivity contribution >= 4 is 5.91 Å². The monoisotopic (exact) mass is 302 g/mol. The van der Waals surface area contributed by atoms with E-state index in [2.05, 4.69) is 20.8 Å². The Morgan fingerprint density at radius 1 is 1.52 bits per heavy atom. The number of rotatable bonds is 3. The predicted octanol–water partition coefficient (Wildman–Crippen LogP) is 1.54. The second kappa shape index (κ2) is 5.32. The number of nitrogens with one attached hydrogen (secondary N) is 2. The van der Waals surface area contributed by atoms with Crippen LogP contribution in [-0.2, 0) is 10.2 Å². The van der Waals surface area contributed by atoms with E-state index in [1.807, 2.05) is 20.8 Å². The van der Waals surface area contributed by atoms with Gasteiger partial charge in [0.15, 0.2) is 5.82 Å². The van der Waals surface area contributed by atoms with E-state index < -0.39 is 36.9 Å². The molecule has 1 amide bonds. The quantitative estimate of drug-likeness (QED) is 0.885. The molecule has 1 fully saturated rings. The van der Waals surface area contributed by atoms with Crippen molar-refractivity contribution in [3.05, 3.63) is 11.7 Å². The van der Waals surface area contributed by atoms with Crippen LogP contribution >= 0.6 is 0 Å². The summed E-state index contributed by atoms with van der Waals surface area (Å²) in [5.41, 5.74) is -0.263. The van der Waals surface area contributed by atoms with E-state index in [0.717, 1.165) is 0 Å². The lowest BCUT2D eigenvalue weighted by molar-refractivity contribution is -0.124. The summed E-state index contributed by atoms with van der Waals surface area (Å²) in [6.45, 7) is 7.01. The highest BCUT2D eigenvalue weighted by molar-refractivity contribution is 5.82. The summed E-state index contributed by atoms with van der Waals surface area (Å²) in [6, 6.07) is -1.43. The van der Waals surface area contributed by atoms with E-state index in [9.17, 15) is 13.6 Å². The Morgan fingerprint density at radius 3 is 2.67 bits per heavy atom. The molecular weight excluding hydrogens is 282 g/mol. The molecule has 21 heavy (non-hydrogen) atoms. The molecule has 2 atom stereocenters. The third-order valence-electron chi connectivity index (χ3n) is 3.27. The molecule has 1 aliphatic rings. The molecule has 0 aliphatic carbocycles. The molecule has 0 aromatic carbocycles. The van der Waals surface area contributed by atoms with Gasteiger partial charge in [-0.2, -0.15) is 4.98 Å². The van der Waals surface area contributed by atoms with Crippen LogP contribution in [0.1, 0.15) is 51.9 Å². The molecule has 1 aliphatic heterocycles. The van der Waals surface area contributed by atoms with Crippen molar-refractivity contribution in [1.82, 2.24) is 20.8 Å². The van der Waals surface area contributed by atoms with Crippen molar-refractivity contribution in [2.45, 2.75) is 57.5 Å². The van der Waals surface area contributed by atoms with Gasteiger partial charge in [0.2, 0.25) is 11.8 Å². The maximum atomic E-state index is 13.1. The number of aromatic nitrogens is 2. The predicted molar refractivity (Wildman–Crippen MR) is 70.9 cm³/mol. The number of amides is 1. The summed E-state index contributed by atoms with van der Waals surface area (Å²) in [5, 5.41) is 8.98. The van der Waals surface area contributed by atoms with Gasteiger partial charge in [-0.1, -0.05) is 25.9 Å². The molecule has 118 valence electrons. The fraction of sp³-hybridized carbons (Fsp3) is 0.769. The first-order valence-corrected chi connectivity index (χ1v) is 6.84. The number of hydrogen-bond donors (Lipinski definition) is 2. The number of alkyl halides is 2. The van der Waals surface area contributed by atoms with Gasteiger partial charge in [0.05, 0.1) is 12.6 Å². The van der Waals surface area contributed by atoms with Gasteiger partial charge in [-0.3, -0.25) is 10.1 Å². The average Bonchev–Trinajstić information content (AvgIpc) is 2.94. The number of halogens is 2. The highest BCUT2D eigenvalue weighted by Gasteiger charge is 2.42. The Kier molecular flexibility index (Phi) is 4.01. The smallest absolute Gasteiger partial charge is 0.262 e. The largest absolute Gasteiger partial charge is 0.343 e. The lowest BCUT2D eigenvalue weighted by atomic mass is 9.96. The van der Waals surface area contributed by atoms with Crippen molar-refractivity contribution in [2.75, 3.05) is 6.54 Å². The van der Waals surface area contributed by atoms with Crippen LogP contribution in [0.4, 0.5) is 8.78 Å². The highest BCUT2D eigenvalue weighted by atomic mass is 19.3. The standard InChI is InChI=1S/C13H20F2N4O2/c1-7(10-18-11(19-21-10)12(2,3)4)17-9(20)8-5-13(14,15)6-16-8/h7-8,16H,5-6H2,1-4H3,(H,17,20). The van der Waals surface area contributed by atoms with Crippen LogP contribution in [0.15, 0.2) is 4.52 Å². The number of hydrogen-bond acceptors (Lipinski definition) is 5. The number of nitrogens with zero attached hydrogens (tertiary/aromatic N) is 2. The van der Waals surface area contributed by atoms with Crippen molar-refractivity contribution < 1.29 is 18.1 Å². The Balaban J connectivity index is 1.97. The van der Waals surface area contributed by atoms with Gasteiger partial charge in [-0.15, -0.1) is 0 Å². The Bertz CT molecular complexity index is 524. The third kappa shape index (κ3) is 3.75. The van der Waals surface area contributed by atoms with Crippen LogP contribution < -0.4 is 10.6 Å².